The molecule has 5 N–H and O–H groups in total. The van der Waals surface area contributed by atoms with Gasteiger partial charge >= 0.3 is 0 Å². The van der Waals surface area contributed by atoms with Gasteiger partial charge in [-0.1, -0.05) is 0 Å². The van der Waals surface area contributed by atoms with Crippen LogP contribution in [0.5, 0.6) is 0 Å². The Labute approximate surface area is 76.0 Å². The van der Waals surface area contributed by atoms with Crippen LogP contribution in [0.2, 0.25) is 0 Å². The van der Waals surface area contributed by atoms with Gasteiger partial charge in [0.1, 0.15) is 11.7 Å². The lowest BCUT2D eigenvalue weighted by molar-refractivity contribution is -0.218. The molecule has 0 unspecified atom stereocenters. The average Bonchev–Trinajstić information content (AvgIpc) is 2.14. The lowest BCUT2D eigenvalue weighted by Crippen LogP contribution is -2.74. The van der Waals surface area contributed by atoms with E-state index in [-0.39, 0.29) is 25.1 Å². The molecule has 5 heteroatoms. The summed E-state index contributed by atoms with van der Waals surface area (Å²) in [4.78, 5) is 0. The molecule has 0 aromatic heterocycles. The monoisotopic (exact) mass is 189 g/mol. The van der Waals surface area contributed by atoms with E-state index in [1.165, 1.54) is 0 Å². The Balaban J connectivity index is 2.25. The maximum absolute atomic E-state index is 9.98. The largest absolute Gasteiger partial charge is 0.396 e. The Morgan fingerprint density at radius 3 is 2.69 bits per heavy atom. The van der Waals surface area contributed by atoms with Gasteiger partial charge in [-0.05, 0) is 6.42 Å². The Bertz CT molecular complexity index is 208. The van der Waals surface area contributed by atoms with Crippen molar-refractivity contribution < 1.29 is 20.4 Å². The van der Waals surface area contributed by atoms with E-state index in [0.29, 0.717) is 6.42 Å². The summed E-state index contributed by atoms with van der Waals surface area (Å²) in [5.74, 6) is -0.336. The lowest BCUT2D eigenvalue weighted by atomic mass is 9.67. The van der Waals surface area contributed by atoms with Gasteiger partial charge in [-0.2, -0.15) is 0 Å². The molecule has 2 bridgehead atoms. The van der Waals surface area contributed by atoms with Crippen LogP contribution in [0.4, 0.5) is 0 Å². The highest BCUT2D eigenvalue weighted by molar-refractivity contribution is 5.11. The number of aliphatic hydroxyl groups is 4. The smallest absolute Gasteiger partial charge is 0.112 e. The fraction of sp³-hybridized carbons (Fsp3) is 1.00. The van der Waals surface area contributed by atoms with Crippen molar-refractivity contribution in [3.05, 3.63) is 0 Å². The summed E-state index contributed by atoms with van der Waals surface area (Å²) in [7, 11) is 0. The molecule has 1 aliphatic carbocycles. The molecule has 3 fully saturated rings. The van der Waals surface area contributed by atoms with Gasteiger partial charge in [-0.3, -0.25) is 0 Å². The van der Waals surface area contributed by atoms with Crippen molar-refractivity contribution >= 4 is 0 Å². The van der Waals surface area contributed by atoms with E-state index in [1.807, 2.05) is 0 Å². The summed E-state index contributed by atoms with van der Waals surface area (Å²) in [6.07, 6.45) is -1.57. The maximum Gasteiger partial charge on any atom is 0.112 e. The summed E-state index contributed by atoms with van der Waals surface area (Å²) in [6, 6.07) is -0.207. The maximum atomic E-state index is 9.98. The number of aliphatic hydroxyl groups excluding tert-OH is 3. The number of hydrogen-bond acceptors (Lipinski definition) is 5. The molecule has 76 valence electrons. The van der Waals surface area contributed by atoms with Crippen molar-refractivity contribution in [1.82, 2.24) is 5.32 Å². The van der Waals surface area contributed by atoms with Gasteiger partial charge in [0, 0.05) is 25.1 Å². The van der Waals surface area contributed by atoms with Crippen LogP contribution in [-0.4, -0.2) is 57.4 Å². The van der Waals surface area contributed by atoms with Gasteiger partial charge in [0.2, 0.25) is 0 Å². The molecule has 2 heterocycles. The van der Waals surface area contributed by atoms with Gasteiger partial charge in [0.25, 0.3) is 0 Å². The summed E-state index contributed by atoms with van der Waals surface area (Å²) < 4.78 is 0. The molecule has 2 aliphatic heterocycles. The Morgan fingerprint density at radius 2 is 2.08 bits per heavy atom. The van der Waals surface area contributed by atoms with Crippen LogP contribution < -0.4 is 5.32 Å². The van der Waals surface area contributed by atoms with Crippen molar-refractivity contribution in [2.45, 2.75) is 30.3 Å². The zero-order chi connectivity index (χ0) is 9.64. The van der Waals surface area contributed by atoms with E-state index >= 15 is 0 Å². The summed E-state index contributed by atoms with van der Waals surface area (Å²) in [5, 5.41) is 41.0. The first-order valence-electron chi connectivity index (χ1n) is 4.52. The number of fused-ring (bicyclic) bond motifs is 3. The first-order valence-corrected chi connectivity index (χ1v) is 4.52. The first-order chi connectivity index (χ1) is 6.09. The fourth-order valence-corrected chi connectivity index (χ4v) is 2.39. The zero-order valence-electron chi connectivity index (χ0n) is 7.22. The highest BCUT2D eigenvalue weighted by atomic mass is 16.4. The molecule has 0 amide bonds. The SMILES string of the molecule is OC[C@H]1C[C@H]2NC[C@]1(O)[C@H](O)[C@H]2O. The molecular weight excluding hydrogens is 174 g/mol. The van der Waals surface area contributed by atoms with Crippen molar-refractivity contribution in [2.24, 2.45) is 5.92 Å². The predicted octanol–water partition coefficient (Wildman–Crippen LogP) is -2.58. The van der Waals surface area contributed by atoms with Crippen molar-refractivity contribution in [1.29, 1.82) is 0 Å². The van der Waals surface area contributed by atoms with Crippen LogP contribution >= 0.6 is 0 Å². The van der Waals surface area contributed by atoms with Crippen LogP contribution in [0.25, 0.3) is 0 Å². The fourth-order valence-electron chi connectivity index (χ4n) is 2.39. The van der Waals surface area contributed by atoms with E-state index in [1.54, 1.807) is 0 Å². The number of rotatable bonds is 1. The Kier molecular flexibility index (Phi) is 2.08. The Morgan fingerprint density at radius 1 is 1.38 bits per heavy atom. The summed E-state index contributed by atoms with van der Waals surface area (Å²) in [5.41, 5.74) is -1.37. The molecule has 3 rings (SSSR count). The molecule has 5 atom stereocenters. The molecule has 1 saturated carbocycles. The highest BCUT2D eigenvalue weighted by Crippen LogP contribution is 2.37. The number of nitrogens with one attached hydrogen (secondary N) is 1. The second-order valence-electron chi connectivity index (χ2n) is 4.03. The standard InChI is InChI=1S/C8H15NO4/c10-2-4-1-5-6(11)7(12)8(4,13)3-9-5/h4-7,9-13H,1-3H2/t4-,5-,6+,7-,8-/m1/s1. The molecule has 3 aliphatic rings. The van der Waals surface area contributed by atoms with Crippen LogP contribution in [0.15, 0.2) is 0 Å². The van der Waals surface area contributed by atoms with Gasteiger partial charge in [0.15, 0.2) is 0 Å². The zero-order valence-corrected chi connectivity index (χ0v) is 7.22. The molecule has 0 aromatic carbocycles. The summed E-state index contributed by atoms with van der Waals surface area (Å²) in [6.45, 7) is 0.0829. The Hall–Kier alpha value is -0.200. The number of piperidine rings is 2. The predicted molar refractivity (Wildman–Crippen MR) is 43.9 cm³/mol. The third-order valence-corrected chi connectivity index (χ3v) is 3.36. The van der Waals surface area contributed by atoms with E-state index in [9.17, 15) is 15.3 Å². The number of hydrogen-bond donors (Lipinski definition) is 5. The molecule has 0 spiro atoms. The molecule has 13 heavy (non-hydrogen) atoms. The summed E-state index contributed by atoms with van der Waals surface area (Å²) >= 11 is 0. The van der Waals surface area contributed by atoms with Crippen LogP contribution in [-0.2, 0) is 0 Å². The second kappa shape index (κ2) is 2.90. The lowest BCUT2D eigenvalue weighted by Gasteiger charge is -2.54. The average molecular weight is 189 g/mol. The molecule has 0 aromatic rings. The van der Waals surface area contributed by atoms with Crippen LogP contribution in [0, 0.1) is 5.92 Å². The van der Waals surface area contributed by atoms with E-state index < -0.39 is 17.8 Å². The topological polar surface area (TPSA) is 93.0 Å². The van der Waals surface area contributed by atoms with E-state index in [0.717, 1.165) is 0 Å². The van der Waals surface area contributed by atoms with Gasteiger partial charge in [-0.25, -0.2) is 0 Å². The third-order valence-electron chi connectivity index (χ3n) is 3.36. The van der Waals surface area contributed by atoms with Crippen LogP contribution in [0.1, 0.15) is 6.42 Å². The van der Waals surface area contributed by atoms with Crippen molar-refractivity contribution in [3.8, 4) is 0 Å². The first kappa shape index (κ1) is 9.36. The van der Waals surface area contributed by atoms with Gasteiger partial charge in [-0.15, -0.1) is 0 Å². The van der Waals surface area contributed by atoms with Gasteiger partial charge in [0.05, 0.1) is 6.10 Å². The van der Waals surface area contributed by atoms with Crippen molar-refractivity contribution in [2.75, 3.05) is 13.2 Å². The van der Waals surface area contributed by atoms with Gasteiger partial charge < -0.3 is 25.7 Å². The van der Waals surface area contributed by atoms with Crippen LogP contribution in [0.3, 0.4) is 0 Å². The highest BCUT2D eigenvalue weighted by Gasteiger charge is 2.56. The minimum Gasteiger partial charge on any atom is -0.396 e. The minimum absolute atomic E-state index is 0.154. The van der Waals surface area contributed by atoms with Crippen molar-refractivity contribution in [3.63, 3.8) is 0 Å². The minimum atomic E-state index is -1.37. The normalized spacial score (nSPS) is 55.4. The third kappa shape index (κ3) is 1.12. The molecular formula is C8H15NO4. The molecule has 2 saturated heterocycles. The second-order valence-corrected chi connectivity index (χ2v) is 4.03. The quantitative estimate of drug-likeness (QED) is 0.312. The van der Waals surface area contributed by atoms with E-state index in [2.05, 4.69) is 5.32 Å². The molecule has 5 nitrogen and oxygen atoms in total. The van der Waals surface area contributed by atoms with E-state index in [4.69, 9.17) is 5.11 Å². The molecule has 0 radical (unpaired) electrons.